The first-order chi connectivity index (χ1) is 5.61. The fourth-order valence-electron chi connectivity index (χ4n) is 1.61. The van der Waals surface area contributed by atoms with E-state index in [0.29, 0.717) is 6.04 Å². The van der Waals surface area contributed by atoms with Crippen LogP contribution in [-0.2, 0) is 4.79 Å². The molecule has 0 aromatic carbocycles. The normalized spacial score (nSPS) is 29.3. The number of carbonyl (C=O) groups excluding carboxylic acids is 1. The third-order valence-corrected chi connectivity index (χ3v) is 2.29. The SMILES string of the molecule is CC(C)NC(=O)C1CCNC1C. The molecule has 0 saturated carbocycles. The van der Waals surface area contributed by atoms with Crippen molar-refractivity contribution < 1.29 is 4.79 Å². The van der Waals surface area contributed by atoms with Gasteiger partial charge in [-0.05, 0) is 33.7 Å². The predicted molar refractivity (Wildman–Crippen MR) is 48.9 cm³/mol. The van der Waals surface area contributed by atoms with Gasteiger partial charge in [-0.3, -0.25) is 4.79 Å². The summed E-state index contributed by atoms with van der Waals surface area (Å²) in [6.45, 7) is 7.02. The lowest BCUT2D eigenvalue weighted by atomic mass is 10.0. The van der Waals surface area contributed by atoms with E-state index in [2.05, 4.69) is 17.6 Å². The fourth-order valence-corrected chi connectivity index (χ4v) is 1.61. The Bertz CT molecular complexity index is 168. The molecule has 1 fully saturated rings. The van der Waals surface area contributed by atoms with E-state index in [0.717, 1.165) is 13.0 Å². The van der Waals surface area contributed by atoms with Crippen molar-refractivity contribution in [2.75, 3.05) is 6.54 Å². The molecule has 2 unspecified atom stereocenters. The number of rotatable bonds is 2. The average molecular weight is 170 g/mol. The Labute approximate surface area is 73.9 Å². The maximum absolute atomic E-state index is 11.5. The van der Waals surface area contributed by atoms with Crippen molar-refractivity contribution in [2.24, 2.45) is 5.92 Å². The van der Waals surface area contributed by atoms with Gasteiger partial charge in [-0.2, -0.15) is 0 Å². The second kappa shape index (κ2) is 3.90. The second-order valence-electron chi connectivity index (χ2n) is 3.80. The Morgan fingerprint density at radius 1 is 1.58 bits per heavy atom. The van der Waals surface area contributed by atoms with Gasteiger partial charge in [-0.1, -0.05) is 0 Å². The molecule has 1 rings (SSSR count). The summed E-state index contributed by atoms with van der Waals surface area (Å²) in [6.07, 6.45) is 0.972. The molecular weight excluding hydrogens is 152 g/mol. The van der Waals surface area contributed by atoms with Gasteiger partial charge >= 0.3 is 0 Å². The summed E-state index contributed by atoms with van der Waals surface area (Å²) in [6, 6.07) is 0.592. The molecule has 12 heavy (non-hydrogen) atoms. The van der Waals surface area contributed by atoms with Gasteiger partial charge in [-0.25, -0.2) is 0 Å². The standard InChI is InChI=1S/C9H18N2O/c1-6(2)11-9(12)8-4-5-10-7(8)3/h6-8,10H,4-5H2,1-3H3,(H,11,12). The highest BCUT2D eigenvalue weighted by Gasteiger charge is 2.29. The first kappa shape index (κ1) is 9.52. The molecule has 0 aliphatic carbocycles. The molecule has 1 aliphatic heterocycles. The number of nitrogens with one attached hydrogen (secondary N) is 2. The molecule has 70 valence electrons. The topological polar surface area (TPSA) is 41.1 Å². The van der Waals surface area contributed by atoms with E-state index in [-0.39, 0.29) is 17.9 Å². The van der Waals surface area contributed by atoms with Gasteiger partial charge in [0.1, 0.15) is 0 Å². The van der Waals surface area contributed by atoms with E-state index in [4.69, 9.17) is 0 Å². The third kappa shape index (κ3) is 2.21. The minimum atomic E-state index is 0.174. The molecule has 1 heterocycles. The molecule has 0 radical (unpaired) electrons. The van der Waals surface area contributed by atoms with Gasteiger partial charge in [0.05, 0.1) is 5.92 Å². The van der Waals surface area contributed by atoms with Crippen molar-refractivity contribution in [3.63, 3.8) is 0 Å². The van der Waals surface area contributed by atoms with E-state index in [1.807, 2.05) is 13.8 Å². The lowest BCUT2D eigenvalue weighted by Crippen LogP contribution is -2.39. The number of hydrogen-bond donors (Lipinski definition) is 2. The van der Waals surface area contributed by atoms with Crippen molar-refractivity contribution in [2.45, 2.75) is 39.3 Å². The van der Waals surface area contributed by atoms with E-state index in [9.17, 15) is 4.79 Å². The molecule has 0 aromatic heterocycles. The first-order valence-corrected chi connectivity index (χ1v) is 4.65. The van der Waals surface area contributed by atoms with E-state index in [1.165, 1.54) is 0 Å². The van der Waals surface area contributed by atoms with Crippen molar-refractivity contribution in [3.05, 3.63) is 0 Å². The summed E-state index contributed by atoms with van der Waals surface area (Å²) in [5, 5.41) is 6.20. The molecule has 0 aromatic rings. The van der Waals surface area contributed by atoms with Gasteiger partial charge in [0.25, 0.3) is 0 Å². The molecule has 3 heteroatoms. The Morgan fingerprint density at radius 3 is 2.67 bits per heavy atom. The van der Waals surface area contributed by atoms with Crippen molar-refractivity contribution >= 4 is 5.91 Å². The van der Waals surface area contributed by atoms with Crippen LogP contribution in [0.25, 0.3) is 0 Å². The maximum Gasteiger partial charge on any atom is 0.224 e. The molecule has 0 spiro atoms. The highest BCUT2D eigenvalue weighted by atomic mass is 16.2. The van der Waals surface area contributed by atoms with Gasteiger partial charge < -0.3 is 10.6 Å². The minimum absolute atomic E-state index is 0.174. The summed E-state index contributed by atoms with van der Waals surface area (Å²) in [5.41, 5.74) is 0. The van der Waals surface area contributed by atoms with Gasteiger partial charge in [-0.15, -0.1) is 0 Å². The second-order valence-corrected chi connectivity index (χ2v) is 3.80. The summed E-state index contributed by atoms with van der Waals surface area (Å²) in [4.78, 5) is 11.5. The molecule has 1 saturated heterocycles. The van der Waals surface area contributed by atoms with Crippen LogP contribution >= 0.6 is 0 Å². The Hall–Kier alpha value is -0.570. The molecular formula is C9H18N2O. The Morgan fingerprint density at radius 2 is 2.25 bits per heavy atom. The molecule has 2 N–H and O–H groups in total. The van der Waals surface area contributed by atoms with Crippen LogP contribution < -0.4 is 10.6 Å². The van der Waals surface area contributed by atoms with Crippen LogP contribution in [0.4, 0.5) is 0 Å². The first-order valence-electron chi connectivity index (χ1n) is 4.65. The zero-order valence-corrected chi connectivity index (χ0v) is 8.05. The lowest BCUT2D eigenvalue weighted by molar-refractivity contribution is -0.125. The molecule has 1 aliphatic rings. The van der Waals surface area contributed by atoms with Crippen LogP contribution in [0.15, 0.2) is 0 Å². The molecule has 0 bridgehead atoms. The van der Waals surface area contributed by atoms with Crippen LogP contribution in [0.3, 0.4) is 0 Å². The third-order valence-electron chi connectivity index (χ3n) is 2.29. The van der Waals surface area contributed by atoms with Gasteiger partial charge in [0.2, 0.25) is 5.91 Å². The van der Waals surface area contributed by atoms with Crippen LogP contribution in [0.5, 0.6) is 0 Å². The van der Waals surface area contributed by atoms with E-state index in [1.54, 1.807) is 0 Å². The molecule has 1 amide bonds. The summed E-state index contributed by atoms with van der Waals surface area (Å²) >= 11 is 0. The van der Waals surface area contributed by atoms with Crippen LogP contribution in [-0.4, -0.2) is 24.5 Å². The summed E-state index contributed by atoms with van der Waals surface area (Å²) < 4.78 is 0. The minimum Gasteiger partial charge on any atom is -0.354 e. The highest BCUT2D eigenvalue weighted by molar-refractivity contribution is 5.79. The fraction of sp³-hybridized carbons (Fsp3) is 0.889. The maximum atomic E-state index is 11.5. The van der Waals surface area contributed by atoms with E-state index < -0.39 is 0 Å². The largest absolute Gasteiger partial charge is 0.354 e. The monoisotopic (exact) mass is 170 g/mol. The number of hydrogen-bond acceptors (Lipinski definition) is 2. The van der Waals surface area contributed by atoms with E-state index >= 15 is 0 Å². The number of carbonyl (C=O) groups is 1. The predicted octanol–water partition coefficient (Wildman–Crippen LogP) is 0.509. The molecule has 3 nitrogen and oxygen atoms in total. The van der Waals surface area contributed by atoms with Crippen molar-refractivity contribution in [1.82, 2.24) is 10.6 Å². The number of amides is 1. The van der Waals surface area contributed by atoms with Crippen molar-refractivity contribution in [3.8, 4) is 0 Å². The smallest absolute Gasteiger partial charge is 0.224 e. The van der Waals surface area contributed by atoms with Crippen LogP contribution in [0.1, 0.15) is 27.2 Å². The summed E-state index contributed by atoms with van der Waals surface area (Å²) in [7, 11) is 0. The lowest BCUT2D eigenvalue weighted by Gasteiger charge is -2.16. The van der Waals surface area contributed by atoms with Crippen LogP contribution in [0, 0.1) is 5.92 Å². The quantitative estimate of drug-likeness (QED) is 0.634. The summed E-state index contributed by atoms with van der Waals surface area (Å²) in [5.74, 6) is 0.370. The van der Waals surface area contributed by atoms with Crippen LogP contribution in [0.2, 0.25) is 0 Å². The Balaban J connectivity index is 2.41. The average Bonchev–Trinajstić information content (AvgIpc) is 2.33. The Kier molecular flexibility index (Phi) is 3.09. The van der Waals surface area contributed by atoms with Gasteiger partial charge in [0.15, 0.2) is 0 Å². The zero-order chi connectivity index (χ0) is 9.14. The zero-order valence-electron chi connectivity index (χ0n) is 8.05. The highest BCUT2D eigenvalue weighted by Crippen LogP contribution is 2.14. The van der Waals surface area contributed by atoms with Gasteiger partial charge in [0, 0.05) is 12.1 Å². The molecule has 2 atom stereocenters. The van der Waals surface area contributed by atoms with Crippen molar-refractivity contribution in [1.29, 1.82) is 0 Å².